The molecule has 0 bridgehead atoms. The van der Waals surface area contributed by atoms with E-state index in [1.807, 2.05) is 69.0 Å². The number of rotatable bonds is 22. The third kappa shape index (κ3) is 16.2. The molecule has 1 aliphatic rings. The number of amides is 4. The number of aryl methyl sites for hydroxylation is 1. The summed E-state index contributed by atoms with van der Waals surface area (Å²) in [5.41, 5.74) is -0.367. The van der Waals surface area contributed by atoms with E-state index in [-0.39, 0.29) is 50.0 Å². The number of carbonyl (C=O) groups is 6. The van der Waals surface area contributed by atoms with Gasteiger partial charge in [-0.25, -0.2) is 0 Å². The molecular formula is C42H61N5O9. The molecule has 56 heavy (non-hydrogen) atoms. The number of nitrogens with zero attached hydrogens (tertiary/aromatic N) is 1. The molecule has 1 heterocycles. The maximum absolute atomic E-state index is 14.1. The first kappa shape index (κ1) is 45.7. The Hall–Kier alpha value is -4.66. The molecule has 4 amide bonds. The molecule has 0 saturated carbocycles. The van der Waals surface area contributed by atoms with Gasteiger partial charge in [-0.1, -0.05) is 88.4 Å². The molecule has 1 saturated heterocycles. The minimum Gasteiger partial charge on any atom is -0.462 e. The van der Waals surface area contributed by atoms with E-state index in [9.17, 15) is 33.9 Å². The molecule has 2 aromatic rings. The number of aliphatic hydroxyl groups is 1. The minimum absolute atomic E-state index is 0.0429. The van der Waals surface area contributed by atoms with Gasteiger partial charge in [0.1, 0.15) is 24.7 Å². The zero-order chi connectivity index (χ0) is 41.3. The molecule has 0 aliphatic carbocycles. The zero-order valence-corrected chi connectivity index (χ0v) is 33.7. The zero-order valence-electron chi connectivity index (χ0n) is 33.7. The summed E-state index contributed by atoms with van der Waals surface area (Å²) in [7, 11) is 0. The van der Waals surface area contributed by atoms with E-state index in [1.165, 1.54) is 6.92 Å². The fourth-order valence-electron chi connectivity index (χ4n) is 6.40. The Kier molecular flexibility index (Phi) is 18.6. The second-order valence-electron chi connectivity index (χ2n) is 15.6. The van der Waals surface area contributed by atoms with E-state index in [2.05, 4.69) is 21.3 Å². The van der Waals surface area contributed by atoms with E-state index >= 15 is 0 Å². The van der Waals surface area contributed by atoms with Gasteiger partial charge in [-0.3, -0.25) is 33.7 Å². The SMILES string of the molecule is CC(=O)OC[C@](C)(O)C(=O)[C@H](CC(C)C)NC(=O)[C@H](Cc1ccccc1)NC(=O)[C@H](CC(C)C)NC(=O)[C@H](CCc1ccccc1)NC(=O)CN1CCOCC1. The summed E-state index contributed by atoms with van der Waals surface area (Å²) in [5, 5.41) is 22.3. The first-order valence-corrected chi connectivity index (χ1v) is 19.5. The van der Waals surface area contributed by atoms with Crippen molar-refractivity contribution in [2.75, 3.05) is 39.5 Å². The molecule has 0 aromatic heterocycles. The van der Waals surface area contributed by atoms with Gasteiger partial charge in [0.2, 0.25) is 23.6 Å². The highest BCUT2D eigenvalue weighted by atomic mass is 16.5. The second-order valence-corrected chi connectivity index (χ2v) is 15.6. The number of hydrogen-bond acceptors (Lipinski definition) is 10. The van der Waals surface area contributed by atoms with Crippen molar-refractivity contribution >= 4 is 35.4 Å². The van der Waals surface area contributed by atoms with Gasteiger partial charge in [0, 0.05) is 26.4 Å². The van der Waals surface area contributed by atoms with Crippen molar-refractivity contribution in [3.8, 4) is 0 Å². The summed E-state index contributed by atoms with van der Waals surface area (Å²) in [6, 6.07) is 14.3. The predicted molar refractivity (Wildman–Crippen MR) is 211 cm³/mol. The van der Waals surface area contributed by atoms with Crippen LogP contribution in [-0.4, -0.2) is 115 Å². The Labute approximate surface area is 330 Å². The lowest BCUT2D eigenvalue weighted by molar-refractivity contribution is -0.156. The van der Waals surface area contributed by atoms with Crippen LogP contribution in [0, 0.1) is 11.8 Å². The molecule has 0 unspecified atom stereocenters. The molecule has 308 valence electrons. The van der Waals surface area contributed by atoms with Crippen molar-refractivity contribution in [1.82, 2.24) is 26.2 Å². The highest BCUT2D eigenvalue weighted by Crippen LogP contribution is 2.17. The summed E-state index contributed by atoms with van der Waals surface area (Å²) in [6.07, 6.45) is 1.25. The summed E-state index contributed by atoms with van der Waals surface area (Å²) in [4.78, 5) is 82.4. The largest absolute Gasteiger partial charge is 0.462 e. The summed E-state index contributed by atoms with van der Waals surface area (Å²) < 4.78 is 10.3. The van der Waals surface area contributed by atoms with Crippen LogP contribution in [0.5, 0.6) is 0 Å². The highest BCUT2D eigenvalue weighted by Gasteiger charge is 2.39. The Balaban J connectivity index is 1.85. The third-order valence-corrected chi connectivity index (χ3v) is 9.37. The highest BCUT2D eigenvalue weighted by molar-refractivity contribution is 5.98. The monoisotopic (exact) mass is 779 g/mol. The average molecular weight is 780 g/mol. The maximum Gasteiger partial charge on any atom is 0.302 e. The molecule has 3 rings (SSSR count). The van der Waals surface area contributed by atoms with Crippen molar-refractivity contribution in [2.45, 2.75) is 103 Å². The van der Waals surface area contributed by atoms with Gasteiger partial charge < -0.3 is 35.8 Å². The Morgan fingerprint density at radius 2 is 1.23 bits per heavy atom. The molecule has 0 spiro atoms. The number of Topliss-reactive ketones (excluding diaryl/α,β-unsaturated/α-hetero) is 1. The molecule has 14 nitrogen and oxygen atoms in total. The molecule has 14 heteroatoms. The van der Waals surface area contributed by atoms with Crippen molar-refractivity contribution in [3.63, 3.8) is 0 Å². The van der Waals surface area contributed by atoms with Crippen LogP contribution >= 0.6 is 0 Å². The lowest BCUT2D eigenvalue weighted by Crippen LogP contribution is -2.60. The molecule has 1 aliphatic heterocycles. The van der Waals surface area contributed by atoms with Crippen LogP contribution in [0.4, 0.5) is 0 Å². The van der Waals surface area contributed by atoms with Crippen LogP contribution in [0.15, 0.2) is 60.7 Å². The van der Waals surface area contributed by atoms with Crippen molar-refractivity contribution in [1.29, 1.82) is 0 Å². The molecule has 5 atom stereocenters. The number of esters is 1. The van der Waals surface area contributed by atoms with Gasteiger partial charge in [0.05, 0.1) is 25.8 Å². The number of morpholine rings is 1. The average Bonchev–Trinajstić information content (AvgIpc) is 3.15. The minimum atomic E-state index is -2.09. The molecule has 5 N–H and O–H groups in total. The Bertz CT molecular complexity index is 1580. The van der Waals surface area contributed by atoms with Crippen molar-refractivity contribution in [3.05, 3.63) is 71.8 Å². The first-order valence-electron chi connectivity index (χ1n) is 19.5. The van der Waals surface area contributed by atoms with Crippen molar-refractivity contribution < 1.29 is 43.3 Å². The number of ketones is 1. The first-order chi connectivity index (χ1) is 26.5. The summed E-state index contributed by atoms with van der Waals surface area (Å²) in [6.45, 7) is 11.6. The Morgan fingerprint density at radius 1 is 0.732 bits per heavy atom. The van der Waals surface area contributed by atoms with Gasteiger partial charge >= 0.3 is 5.97 Å². The van der Waals surface area contributed by atoms with Crippen LogP contribution in [0.25, 0.3) is 0 Å². The van der Waals surface area contributed by atoms with Gasteiger partial charge in [-0.15, -0.1) is 0 Å². The van der Waals surface area contributed by atoms with Gasteiger partial charge in [-0.05, 0) is 55.6 Å². The van der Waals surface area contributed by atoms with E-state index in [0.717, 1.165) is 18.1 Å². The standard InChI is InChI=1S/C42H61N5O9/c1-28(2)23-34(38(50)42(6,54)27-56-30(5)48)44-41(53)36(25-32-15-11-8-12-16-32)46-40(52)35(24-29(3)4)45-39(51)33(18-17-31-13-9-7-10-14-31)43-37(49)26-47-19-21-55-22-20-47/h7-16,28-29,33-36,54H,17-27H2,1-6H3,(H,43,49)(H,44,53)(H,45,51)(H,46,52)/t33-,34-,35-,36-,42-/m0/s1. The van der Waals surface area contributed by atoms with Gasteiger partial charge in [0.25, 0.3) is 0 Å². The maximum atomic E-state index is 14.1. The fraction of sp³-hybridized carbons (Fsp3) is 0.571. The predicted octanol–water partition coefficient (Wildman–Crippen LogP) is 2.11. The molecule has 1 fully saturated rings. The van der Waals surface area contributed by atoms with Gasteiger partial charge in [0.15, 0.2) is 11.4 Å². The van der Waals surface area contributed by atoms with Crippen LogP contribution in [0.1, 0.15) is 71.9 Å². The Morgan fingerprint density at radius 3 is 1.80 bits per heavy atom. The fourth-order valence-corrected chi connectivity index (χ4v) is 6.40. The van der Waals surface area contributed by atoms with E-state index in [1.54, 1.807) is 24.3 Å². The molecule has 2 aromatic carbocycles. The third-order valence-electron chi connectivity index (χ3n) is 9.37. The quantitative estimate of drug-likeness (QED) is 0.111. The topological polar surface area (TPSA) is 192 Å². The van der Waals surface area contributed by atoms with Crippen LogP contribution in [0.2, 0.25) is 0 Å². The molecular weight excluding hydrogens is 718 g/mol. The number of benzene rings is 2. The van der Waals surface area contributed by atoms with Gasteiger partial charge in [-0.2, -0.15) is 0 Å². The van der Waals surface area contributed by atoms with E-state index < -0.39 is 65.8 Å². The van der Waals surface area contributed by atoms with Crippen molar-refractivity contribution in [2.24, 2.45) is 11.8 Å². The van der Waals surface area contributed by atoms with Crippen LogP contribution in [0.3, 0.4) is 0 Å². The van der Waals surface area contributed by atoms with E-state index in [0.29, 0.717) is 32.7 Å². The normalized spacial score (nSPS) is 16.4. The lowest BCUT2D eigenvalue weighted by atomic mass is 9.90. The number of carbonyl (C=O) groups excluding carboxylic acids is 6. The number of hydrogen-bond donors (Lipinski definition) is 5. The lowest BCUT2D eigenvalue weighted by Gasteiger charge is -2.30. The summed E-state index contributed by atoms with van der Waals surface area (Å²) in [5.74, 6) is -3.67. The van der Waals surface area contributed by atoms with Crippen LogP contribution in [-0.2, 0) is 51.1 Å². The summed E-state index contributed by atoms with van der Waals surface area (Å²) >= 11 is 0. The second kappa shape index (κ2) is 22.8. The number of nitrogens with one attached hydrogen (secondary N) is 4. The van der Waals surface area contributed by atoms with E-state index in [4.69, 9.17) is 9.47 Å². The smallest absolute Gasteiger partial charge is 0.302 e. The number of ether oxygens (including phenoxy) is 2. The van der Waals surface area contributed by atoms with Crippen LogP contribution < -0.4 is 21.3 Å². The molecule has 0 radical (unpaired) electrons.